The third-order valence-corrected chi connectivity index (χ3v) is 6.08. The molecule has 0 saturated heterocycles. The number of carbonyl (C=O) groups is 2. The van der Waals surface area contributed by atoms with Gasteiger partial charge in [-0.25, -0.2) is 19.2 Å². The first kappa shape index (κ1) is 26.8. The van der Waals surface area contributed by atoms with Crippen LogP contribution in [0.15, 0.2) is 73.1 Å². The van der Waals surface area contributed by atoms with Gasteiger partial charge in [0, 0.05) is 31.5 Å². The minimum absolute atomic E-state index is 0.0761. The summed E-state index contributed by atoms with van der Waals surface area (Å²) in [5.74, 6) is -1.28. The third kappa shape index (κ3) is 6.34. The number of carboxylic acid groups (broad SMARTS) is 1. The normalized spacial score (nSPS) is 11.2. The maximum atomic E-state index is 13.3. The number of aromatic carboxylic acids is 1. The second-order valence-electron chi connectivity index (χ2n) is 8.70. The molecule has 4 rings (SSSR count). The van der Waals surface area contributed by atoms with Crippen molar-refractivity contribution in [3.63, 3.8) is 0 Å². The van der Waals surface area contributed by atoms with Gasteiger partial charge in [0.1, 0.15) is 29.1 Å². The Labute approximate surface area is 224 Å². The highest BCUT2D eigenvalue weighted by atomic mass is 19.1. The Morgan fingerprint density at radius 2 is 1.67 bits per heavy atom. The Morgan fingerprint density at radius 1 is 0.974 bits per heavy atom. The Balaban J connectivity index is 1.49. The lowest BCUT2D eigenvalue weighted by Crippen LogP contribution is -2.28. The molecule has 9 nitrogen and oxygen atoms in total. The predicted molar refractivity (Wildman–Crippen MR) is 145 cm³/mol. The van der Waals surface area contributed by atoms with Crippen LogP contribution in [0.2, 0.25) is 0 Å². The third-order valence-electron chi connectivity index (χ3n) is 6.08. The molecule has 2 aromatic carbocycles. The SMILES string of the molecule is CNc1ncc(-c2ccc(CNc3ncc(C#N)cc3C(=O)NC(C)c3ccc(F)cc3)cc2)cc1C(=O)O. The summed E-state index contributed by atoms with van der Waals surface area (Å²) >= 11 is 0. The fourth-order valence-corrected chi connectivity index (χ4v) is 3.93. The number of hydrogen-bond acceptors (Lipinski definition) is 7. The fraction of sp³-hybridized carbons (Fsp3) is 0.138. The lowest BCUT2D eigenvalue weighted by molar-refractivity contribution is 0.0697. The van der Waals surface area contributed by atoms with Crippen LogP contribution in [0.1, 0.15) is 50.4 Å². The van der Waals surface area contributed by atoms with Gasteiger partial charge in [0.2, 0.25) is 0 Å². The number of pyridine rings is 2. The van der Waals surface area contributed by atoms with Crippen molar-refractivity contribution in [2.45, 2.75) is 19.5 Å². The van der Waals surface area contributed by atoms with Crippen molar-refractivity contribution in [2.24, 2.45) is 0 Å². The summed E-state index contributed by atoms with van der Waals surface area (Å²) in [6, 6.07) is 17.9. The topological polar surface area (TPSA) is 140 Å². The number of nitrogens with zero attached hydrogens (tertiary/aromatic N) is 3. The molecule has 4 N–H and O–H groups in total. The molecule has 2 heterocycles. The van der Waals surface area contributed by atoms with Crippen LogP contribution in [0, 0.1) is 17.1 Å². The van der Waals surface area contributed by atoms with E-state index in [0.29, 0.717) is 17.9 Å². The maximum absolute atomic E-state index is 13.3. The molecule has 196 valence electrons. The number of nitriles is 1. The highest BCUT2D eigenvalue weighted by molar-refractivity contribution is 5.99. The van der Waals surface area contributed by atoms with Crippen molar-refractivity contribution in [2.75, 3.05) is 17.7 Å². The summed E-state index contributed by atoms with van der Waals surface area (Å²) in [5, 5.41) is 27.5. The molecule has 0 aliphatic rings. The molecule has 0 fully saturated rings. The largest absolute Gasteiger partial charge is 0.478 e. The lowest BCUT2D eigenvalue weighted by Gasteiger charge is -2.16. The quantitative estimate of drug-likeness (QED) is 0.240. The number of anilines is 2. The summed E-state index contributed by atoms with van der Waals surface area (Å²) in [5.41, 5.74) is 3.59. The van der Waals surface area contributed by atoms with E-state index in [9.17, 15) is 24.3 Å². The summed E-state index contributed by atoms with van der Waals surface area (Å²) in [7, 11) is 1.61. The van der Waals surface area contributed by atoms with Crippen LogP contribution < -0.4 is 16.0 Å². The van der Waals surface area contributed by atoms with Gasteiger partial charge >= 0.3 is 5.97 Å². The van der Waals surface area contributed by atoms with E-state index in [-0.39, 0.29) is 28.3 Å². The number of rotatable bonds is 9. The van der Waals surface area contributed by atoms with E-state index < -0.39 is 17.9 Å². The zero-order chi connectivity index (χ0) is 27.9. The van der Waals surface area contributed by atoms with Crippen LogP contribution in [-0.2, 0) is 6.54 Å². The van der Waals surface area contributed by atoms with Crippen molar-refractivity contribution in [1.82, 2.24) is 15.3 Å². The van der Waals surface area contributed by atoms with Gasteiger partial charge in [-0.15, -0.1) is 0 Å². The van der Waals surface area contributed by atoms with E-state index in [0.717, 1.165) is 16.7 Å². The molecular weight excluding hydrogens is 499 g/mol. The van der Waals surface area contributed by atoms with E-state index in [1.807, 2.05) is 30.3 Å². The monoisotopic (exact) mass is 524 g/mol. The number of nitrogens with one attached hydrogen (secondary N) is 3. The Bertz CT molecular complexity index is 1550. The number of carbonyl (C=O) groups excluding carboxylic acids is 1. The van der Waals surface area contributed by atoms with Crippen molar-refractivity contribution < 1.29 is 19.1 Å². The number of benzene rings is 2. The molecule has 2 aromatic heterocycles. The standard InChI is InChI=1S/C29H25FN6O3/c1-17(20-7-9-23(30)10-8-20)36-28(37)24-11-19(13-31)15-34-27(24)33-14-18-3-5-21(6-4-18)22-12-25(29(38)39)26(32-2)35-16-22/h3-12,15-17H,14H2,1-2H3,(H,32,35)(H,33,34)(H,36,37)(H,38,39). The molecule has 39 heavy (non-hydrogen) atoms. The van der Waals surface area contributed by atoms with Gasteiger partial charge in [0.05, 0.1) is 17.2 Å². The molecule has 0 aliphatic heterocycles. The van der Waals surface area contributed by atoms with Gasteiger partial charge in [-0.1, -0.05) is 36.4 Å². The average Bonchev–Trinajstić information content (AvgIpc) is 2.96. The van der Waals surface area contributed by atoms with Crippen LogP contribution in [0.25, 0.3) is 11.1 Å². The van der Waals surface area contributed by atoms with Gasteiger partial charge in [0.25, 0.3) is 5.91 Å². The molecule has 0 saturated carbocycles. The number of hydrogen-bond donors (Lipinski definition) is 4. The second-order valence-corrected chi connectivity index (χ2v) is 8.70. The van der Waals surface area contributed by atoms with E-state index in [2.05, 4.69) is 25.9 Å². The molecule has 0 bridgehead atoms. The first-order valence-electron chi connectivity index (χ1n) is 12.0. The predicted octanol–water partition coefficient (Wildman–Crippen LogP) is 5.00. The zero-order valence-electron chi connectivity index (χ0n) is 21.2. The first-order valence-corrected chi connectivity index (χ1v) is 12.0. The van der Waals surface area contributed by atoms with Gasteiger partial charge < -0.3 is 21.1 Å². The number of halogens is 1. The van der Waals surface area contributed by atoms with Crippen molar-refractivity contribution in [3.8, 4) is 17.2 Å². The summed E-state index contributed by atoms with van der Waals surface area (Å²) in [6.07, 6.45) is 2.98. The van der Waals surface area contributed by atoms with Crippen molar-refractivity contribution in [1.29, 1.82) is 5.26 Å². The highest BCUT2D eigenvalue weighted by Crippen LogP contribution is 2.24. The molecule has 0 aliphatic carbocycles. The number of amides is 1. The van der Waals surface area contributed by atoms with Crippen molar-refractivity contribution in [3.05, 3.63) is 107 Å². The smallest absolute Gasteiger partial charge is 0.339 e. The molecule has 1 amide bonds. The molecule has 0 spiro atoms. The van der Waals surface area contributed by atoms with Gasteiger partial charge in [-0.05, 0) is 47.9 Å². The first-order chi connectivity index (χ1) is 18.8. The Morgan fingerprint density at radius 3 is 2.31 bits per heavy atom. The second kappa shape index (κ2) is 11.8. The van der Waals surface area contributed by atoms with Crippen LogP contribution in [0.3, 0.4) is 0 Å². The Hall–Kier alpha value is -5.30. The highest BCUT2D eigenvalue weighted by Gasteiger charge is 2.18. The Kier molecular flexibility index (Phi) is 8.12. The minimum atomic E-state index is -1.07. The average molecular weight is 525 g/mol. The van der Waals surface area contributed by atoms with E-state index in [1.165, 1.54) is 24.4 Å². The molecule has 1 unspecified atom stereocenters. The molecular formula is C29H25FN6O3. The van der Waals surface area contributed by atoms with Crippen LogP contribution in [0.4, 0.5) is 16.0 Å². The van der Waals surface area contributed by atoms with Gasteiger partial charge in [-0.2, -0.15) is 5.26 Å². The lowest BCUT2D eigenvalue weighted by atomic mass is 10.0. The zero-order valence-corrected chi connectivity index (χ0v) is 21.2. The van der Waals surface area contributed by atoms with Crippen molar-refractivity contribution >= 4 is 23.5 Å². The van der Waals surface area contributed by atoms with Gasteiger partial charge in [0.15, 0.2) is 0 Å². The van der Waals surface area contributed by atoms with Crippen LogP contribution in [0.5, 0.6) is 0 Å². The van der Waals surface area contributed by atoms with E-state index in [4.69, 9.17) is 0 Å². The number of aromatic nitrogens is 2. The molecule has 1 atom stereocenters. The van der Waals surface area contributed by atoms with E-state index in [1.54, 1.807) is 38.4 Å². The van der Waals surface area contributed by atoms with Crippen LogP contribution in [-0.4, -0.2) is 34.0 Å². The van der Waals surface area contributed by atoms with Gasteiger partial charge in [-0.3, -0.25) is 4.79 Å². The molecule has 4 aromatic rings. The summed E-state index contributed by atoms with van der Waals surface area (Å²) in [6.45, 7) is 2.12. The fourth-order valence-electron chi connectivity index (χ4n) is 3.93. The van der Waals surface area contributed by atoms with E-state index >= 15 is 0 Å². The summed E-state index contributed by atoms with van der Waals surface area (Å²) in [4.78, 5) is 33.1. The maximum Gasteiger partial charge on any atom is 0.339 e. The molecule has 0 radical (unpaired) electrons. The van der Waals surface area contributed by atoms with Crippen LogP contribution >= 0.6 is 0 Å². The number of carboxylic acids is 1. The summed E-state index contributed by atoms with van der Waals surface area (Å²) < 4.78 is 13.3. The molecule has 10 heteroatoms. The minimum Gasteiger partial charge on any atom is -0.478 e.